The monoisotopic (exact) mass is 456 g/mol. The van der Waals surface area contributed by atoms with Gasteiger partial charge in [0, 0.05) is 30.8 Å². The highest BCUT2D eigenvalue weighted by atomic mass is 16.5. The summed E-state index contributed by atoms with van der Waals surface area (Å²) in [5, 5.41) is 0. The zero-order chi connectivity index (χ0) is 23.5. The van der Waals surface area contributed by atoms with Crippen molar-refractivity contribution < 1.29 is 9.47 Å². The highest BCUT2D eigenvalue weighted by molar-refractivity contribution is 5.99. The number of fused-ring (bicyclic) bond motifs is 1. The third-order valence-electron chi connectivity index (χ3n) is 5.96. The maximum atomic E-state index is 6.31. The van der Waals surface area contributed by atoms with Gasteiger partial charge in [0.15, 0.2) is 0 Å². The standard InChI is InChI=1S/C25H40N6O2/c1-5-8-9-21(33-15-13-31(6-2)12-14-32-7-3)16-19(4)24-22-17-20(25-26-18-27-30-25)10-11-23(22)28-29-24/h5,8,10-11,16-17,21,24,27-29H,6-7,9,12-15,18H2,1-4H3,(H,26,30)/b8-5-,19-16+. The Bertz CT molecular complexity index is 838. The molecule has 0 amide bonds. The van der Waals surface area contributed by atoms with E-state index in [1.807, 2.05) is 6.92 Å². The first-order chi connectivity index (χ1) is 16.2. The van der Waals surface area contributed by atoms with Gasteiger partial charge in [-0.25, -0.2) is 15.8 Å². The number of hydrazine groups is 2. The predicted molar refractivity (Wildman–Crippen MR) is 135 cm³/mol. The molecule has 0 radical (unpaired) electrons. The Kier molecular flexibility index (Phi) is 10.4. The quantitative estimate of drug-likeness (QED) is 0.253. The molecule has 3 rings (SSSR count). The molecule has 2 heterocycles. The van der Waals surface area contributed by atoms with Crippen LogP contribution in [-0.4, -0.2) is 63.0 Å². The largest absolute Gasteiger partial charge is 0.380 e. The average molecular weight is 457 g/mol. The third kappa shape index (κ3) is 7.38. The van der Waals surface area contributed by atoms with Gasteiger partial charge in [-0.2, -0.15) is 0 Å². The third-order valence-corrected chi connectivity index (χ3v) is 5.96. The van der Waals surface area contributed by atoms with E-state index in [4.69, 9.17) is 9.47 Å². The molecule has 182 valence electrons. The van der Waals surface area contributed by atoms with Gasteiger partial charge >= 0.3 is 0 Å². The number of hydrogen-bond acceptors (Lipinski definition) is 8. The van der Waals surface area contributed by atoms with Crippen LogP contribution in [0, 0.1) is 0 Å². The first-order valence-corrected chi connectivity index (χ1v) is 12.1. The Morgan fingerprint density at radius 3 is 2.82 bits per heavy atom. The summed E-state index contributed by atoms with van der Waals surface area (Å²) in [5.41, 5.74) is 17.5. The van der Waals surface area contributed by atoms with E-state index in [9.17, 15) is 0 Å². The van der Waals surface area contributed by atoms with Crippen LogP contribution in [0.4, 0.5) is 5.69 Å². The lowest BCUT2D eigenvalue weighted by Gasteiger charge is -2.22. The highest BCUT2D eigenvalue weighted by Gasteiger charge is 2.25. The van der Waals surface area contributed by atoms with Crippen molar-refractivity contribution in [1.82, 2.24) is 21.2 Å². The van der Waals surface area contributed by atoms with Crippen LogP contribution in [0.15, 0.2) is 47.0 Å². The van der Waals surface area contributed by atoms with Crippen LogP contribution in [-0.2, 0) is 9.47 Å². The number of rotatable bonds is 14. The molecular weight excluding hydrogens is 416 g/mol. The Morgan fingerprint density at radius 2 is 2.09 bits per heavy atom. The van der Waals surface area contributed by atoms with Gasteiger partial charge in [0.25, 0.3) is 0 Å². The van der Waals surface area contributed by atoms with Gasteiger partial charge in [0.2, 0.25) is 0 Å². The zero-order valence-electron chi connectivity index (χ0n) is 20.5. The van der Waals surface area contributed by atoms with E-state index in [1.54, 1.807) is 0 Å². The van der Waals surface area contributed by atoms with E-state index in [0.717, 1.165) is 56.4 Å². The smallest absolute Gasteiger partial charge is 0.144 e. The highest BCUT2D eigenvalue weighted by Crippen LogP contribution is 2.34. The fourth-order valence-corrected chi connectivity index (χ4v) is 4.04. The van der Waals surface area contributed by atoms with Gasteiger partial charge in [0.05, 0.1) is 31.0 Å². The summed E-state index contributed by atoms with van der Waals surface area (Å²) in [6, 6.07) is 6.47. The van der Waals surface area contributed by atoms with Crippen LogP contribution < -0.4 is 21.7 Å². The molecule has 2 aliphatic heterocycles. The molecule has 0 saturated carbocycles. The van der Waals surface area contributed by atoms with E-state index < -0.39 is 0 Å². The number of amidine groups is 1. The van der Waals surface area contributed by atoms with Crippen molar-refractivity contribution in [2.75, 3.05) is 51.5 Å². The van der Waals surface area contributed by atoms with Crippen LogP contribution in [0.1, 0.15) is 51.3 Å². The van der Waals surface area contributed by atoms with Gasteiger partial charge in [0.1, 0.15) is 12.5 Å². The van der Waals surface area contributed by atoms with Crippen LogP contribution in [0.25, 0.3) is 0 Å². The van der Waals surface area contributed by atoms with Gasteiger partial charge in [-0.15, -0.1) is 0 Å². The molecule has 8 heteroatoms. The van der Waals surface area contributed by atoms with Crippen molar-refractivity contribution in [2.45, 2.75) is 46.3 Å². The Balaban J connectivity index is 1.64. The van der Waals surface area contributed by atoms with Crippen molar-refractivity contribution in [3.05, 3.63) is 53.1 Å². The van der Waals surface area contributed by atoms with Crippen LogP contribution in [0.3, 0.4) is 0 Å². The lowest BCUT2D eigenvalue weighted by atomic mass is 9.96. The summed E-state index contributed by atoms with van der Waals surface area (Å²) in [6.07, 6.45) is 7.40. The molecular formula is C25H40N6O2. The molecule has 0 aromatic heterocycles. The number of anilines is 1. The molecule has 33 heavy (non-hydrogen) atoms. The minimum Gasteiger partial charge on any atom is -0.380 e. The van der Waals surface area contributed by atoms with Gasteiger partial charge in [-0.05, 0) is 51.9 Å². The molecule has 2 unspecified atom stereocenters. The number of likely N-dealkylation sites (N-methyl/N-ethyl adjacent to an activating group) is 1. The van der Waals surface area contributed by atoms with E-state index >= 15 is 0 Å². The van der Waals surface area contributed by atoms with Crippen molar-refractivity contribution >= 4 is 11.5 Å². The molecule has 0 bridgehead atoms. The van der Waals surface area contributed by atoms with Crippen molar-refractivity contribution in [3.8, 4) is 0 Å². The summed E-state index contributed by atoms with van der Waals surface area (Å²) < 4.78 is 11.8. The molecule has 1 aromatic rings. The second-order valence-electron chi connectivity index (χ2n) is 8.23. The Hall–Kier alpha value is -2.23. The number of nitrogens with zero attached hydrogens (tertiary/aromatic N) is 2. The maximum Gasteiger partial charge on any atom is 0.144 e. The normalized spacial score (nSPS) is 19.0. The predicted octanol–water partition coefficient (Wildman–Crippen LogP) is 3.13. The zero-order valence-corrected chi connectivity index (χ0v) is 20.5. The molecule has 8 nitrogen and oxygen atoms in total. The first-order valence-electron chi connectivity index (χ1n) is 12.1. The maximum absolute atomic E-state index is 6.31. The second-order valence-corrected chi connectivity index (χ2v) is 8.23. The molecule has 2 aliphatic rings. The van der Waals surface area contributed by atoms with Crippen LogP contribution in [0.2, 0.25) is 0 Å². The van der Waals surface area contributed by atoms with Gasteiger partial charge in [-0.1, -0.05) is 30.7 Å². The minimum absolute atomic E-state index is 0.0332. The van der Waals surface area contributed by atoms with Crippen molar-refractivity contribution in [3.63, 3.8) is 0 Å². The number of allylic oxidation sites excluding steroid dienone is 1. The number of aliphatic imine (C=N–C) groups is 1. The minimum atomic E-state index is 0.0332. The topological polar surface area (TPSA) is 82.2 Å². The number of ether oxygens (including phenoxy) is 2. The summed E-state index contributed by atoms with van der Waals surface area (Å²) in [5.74, 6) is 0.879. The Morgan fingerprint density at radius 1 is 1.24 bits per heavy atom. The summed E-state index contributed by atoms with van der Waals surface area (Å²) in [6.45, 7) is 14.1. The lowest BCUT2D eigenvalue weighted by molar-refractivity contribution is 0.0553. The lowest BCUT2D eigenvalue weighted by Crippen LogP contribution is -2.32. The van der Waals surface area contributed by atoms with E-state index in [2.05, 4.69) is 88.8 Å². The second kappa shape index (κ2) is 13.5. The van der Waals surface area contributed by atoms with Crippen molar-refractivity contribution in [1.29, 1.82) is 0 Å². The Labute approximate surface area is 198 Å². The average Bonchev–Trinajstić information content (AvgIpc) is 3.51. The summed E-state index contributed by atoms with van der Waals surface area (Å²) in [4.78, 5) is 6.83. The van der Waals surface area contributed by atoms with Crippen molar-refractivity contribution in [2.24, 2.45) is 4.99 Å². The van der Waals surface area contributed by atoms with E-state index in [-0.39, 0.29) is 12.1 Å². The number of benzene rings is 1. The van der Waals surface area contributed by atoms with E-state index in [0.29, 0.717) is 13.3 Å². The molecule has 2 atom stereocenters. The SMILES string of the molecule is C/C=C\CC(/C=C(\C)C1NNc2ccc(C3=NCNN3)cc21)OCCN(CC)CCOCC. The molecule has 0 saturated heterocycles. The van der Waals surface area contributed by atoms with Gasteiger partial charge < -0.3 is 20.3 Å². The molecule has 0 aliphatic carbocycles. The fraction of sp³-hybridized carbons (Fsp3) is 0.560. The summed E-state index contributed by atoms with van der Waals surface area (Å²) >= 11 is 0. The summed E-state index contributed by atoms with van der Waals surface area (Å²) in [7, 11) is 0. The molecule has 0 fully saturated rings. The molecule has 4 N–H and O–H groups in total. The van der Waals surface area contributed by atoms with E-state index in [1.165, 1.54) is 11.1 Å². The number of hydrogen-bond donors (Lipinski definition) is 4. The fourth-order valence-electron chi connectivity index (χ4n) is 4.04. The molecule has 0 spiro atoms. The van der Waals surface area contributed by atoms with Crippen LogP contribution >= 0.6 is 0 Å². The van der Waals surface area contributed by atoms with Gasteiger partial charge in [-0.3, -0.25) is 4.90 Å². The first kappa shape index (κ1) is 25.4. The van der Waals surface area contributed by atoms with Crippen LogP contribution in [0.5, 0.6) is 0 Å². The molecule has 1 aromatic carbocycles. The number of nitrogens with one attached hydrogen (secondary N) is 4.